The maximum absolute atomic E-state index is 12.6. The molecular formula is C26H29N3O2. The van der Waals surface area contributed by atoms with Crippen LogP contribution in [0.2, 0.25) is 0 Å². The number of primary amides is 1. The Hall–Kier alpha value is -3.18. The van der Waals surface area contributed by atoms with E-state index in [2.05, 4.69) is 34.1 Å². The first-order valence-corrected chi connectivity index (χ1v) is 10.7. The van der Waals surface area contributed by atoms with Gasteiger partial charge in [0.2, 0.25) is 5.91 Å². The summed E-state index contributed by atoms with van der Waals surface area (Å²) in [7, 11) is 1.70. The lowest BCUT2D eigenvalue weighted by molar-refractivity contribution is -0.130. The van der Waals surface area contributed by atoms with Crippen LogP contribution in [0.25, 0.3) is 11.1 Å². The fourth-order valence-electron chi connectivity index (χ4n) is 4.51. The van der Waals surface area contributed by atoms with Crippen LogP contribution in [-0.2, 0) is 17.8 Å². The summed E-state index contributed by atoms with van der Waals surface area (Å²) in [4.78, 5) is 19.2. The predicted molar refractivity (Wildman–Crippen MR) is 123 cm³/mol. The van der Waals surface area contributed by atoms with Gasteiger partial charge in [0, 0.05) is 24.5 Å². The Morgan fingerprint density at radius 2 is 1.84 bits per heavy atom. The van der Waals surface area contributed by atoms with Crippen LogP contribution >= 0.6 is 0 Å². The minimum atomic E-state index is -0.509. The fraction of sp³-hybridized carbons (Fsp3) is 0.308. The molecule has 2 N–H and O–H groups in total. The molecule has 160 valence electrons. The summed E-state index contributed by atoms with van der Waals surface area (Å²) in [5.41, 5.74) is 9.93. The van der Waals surface area contributed by atoms with Gasteiger partial charge in [0.15, 0.2) is 0 Å². The van der Waals surface area contributed by atoms with Gasteiger partial charge < -0.3 is 10.5 Å². The lowest BCUT2D eigenvalue weighted by Gasteiger charge is -2.40. The molecule has 1 aliphatic heterocycles. The van der Waals surface area contributed by atoms with Gasteiger partial charge in [-0.15, -0.1) is 0 Å². The lowest BCUT2D eigenvalue weighted by Crippen LogP contribution is -2.48. The van der Waals surface area contributed by atoms with Gasteiger partial charge in [0.25, 0.3) is 0 Å². The van der Waals surface area contributed by atoms with Crippen LogP contribution in [-0.4, -0.2) is 36.0 Å². The van der Waals surface area contributed by atoms with E-state index >= 15 is 0 Å². The molecule has 1 aromatic heterocycles. The average molecular weight is 416 g/mol. The summed E-state index contributed by atoms with van der Waals surface area (Å²) in [5.74, 6) is 0.706. The largest absolute Gasteiger partial charge is 0.496 e. The van der Waals surface area contributed by atoms with E-state index in [1.54, 1.807) is 13.3 Å². The van der Waals surface area contributed by atoms with Gasteiger partial charge >= 0.3 is 0 Å². The molecule has 0 aliphatic carbocycles. The van der Waals surface area contributed by atoms with Gasteiger partial charge in [-0.25, -0.2) is 0 Å². The molecule has 0 unspecified atom stereocenters. The third-order valence-corrected chi connectivity index (χ3v) is 6.39. The first kappa shape index (κ1) is 21.1. The minimum absolute atomic E-state index is 0.198. The number of hydrogen-bond donors (Lipinski definition) is 1. The Balaban J connectivity index is 1.47. The zero-order valence-electron chi connectivity index (χ0n) is 18.0. The summed E-state index contributed by atoms with van der Waals surface area (Å²) < 4.78 is 5.49. The highest BCUT2D eigenvalue weighted by atomic mass is 16.5. The first-order chi connectivity index (χ1) is 15.1. The topological polar surface area (TPSA) is 68.4 Å². The van der Waals surface area contributed by atoms with E-state index in [4.69, 9.17) is 10.5 Å². The number of amides is 1. The number of hydrogen-bond acceptors (Lipinski definition) is 4. The fourth-order valence-corrected chi connectivity index (χ4v) is 4.51. The highest BCUT2D eigenvalue weighted by Gasteiger charge is 2.40. The summed E-state index contributed by atoms with van der Waals surface area (Å²) in [6.45, 7) is 2.49. The number of methoxy groups -OCH3 is 1. The number of likely N-dealkylation sites (tertiary alicyclic amines) is 1. The van der Waals surface area contributed by atoms with Gasteiger partial charge in [0.1, 0.15) is 5.75 Å². The second kappa shape index (κ2) is 9.31. The Bertz CT molecular complexity index is 1030. The maximum Gasteiger partial charge on any atom is 0.224 e. The van der Waals surface area contributed by atoms with Gasteiger partial charge in [0.05, 0.1) is 12.5 Å². The number of benzene rings is 2. The summed E-state index contributed by atoms with van der Waals surface area (Å²) in [6.07, 6.45) is 5.82. The van der Waals surface area contributed by atoms with Crippen molar-refractivity contribution in [1.29, 1.82) is 0 Å². The normalized spacial score (nSPS) is 16.0. The number of pyridine rings is 1. The Morgan fingerprint density at radius 1 is 1.06 bits per heavy atom. The minimum Gasteiger partial charge on any atom is -0.496 e. The third kappa shape index (κ3) is 4.78. The molecule has 1 aliphatic rings. The van der Waals surface area contributed by atoms with Crippen molar-refractivity contribution in [1.82, 2.24) is 9.88 Å². The molecule has 1 saturated heterocycles. The summed E-state index contributed by atoms with van der Waals surface area (Å²) in [5, 5.41) is 0. The number of carbonyl (C=O) groups is 1. The highest BCUT2D eigenvalue weighted by molar-refractivity contribution is 5.81. The number of piperidine rings is 1. The van der Waals surface area contributed by atoms with Crippen molar-refractivity contribution < 1.29 is 9.53 Å². The smallest absolute Gasteiger partial charge is 0.224 e. The molecule has 3 aromatic rings. The molecule has 31 heavy (non-hydrogen) atoms. The zero-order chi connectivity index (χ0) is 21.7. The summed E-state index contributed by atoms with van der Waals surface area (Å²) >= 11 is 0. The van der Waals surface area contributed by atoms with Crippen LogP contribution in [0.15, 0.2) is 73.1 Å². The first-order valence-electron chi connectivity index (χ1n) is 10.7. The molecule has 0 radical (unpaired) electrons. The van der Waals surface area contributed by atoms with Crippen LogP contribution in [0.4, 0.5) is 0 Å². The van der Waals surface area contributed by atoms with E-state index in [9.17, 15) is 4.79 Å². The standard InChI is InChI=1S/C26H29N3O2/c1-31-24-10-3-2-7-23(24)19-29-14-11-26(12-15-29,25(27)30)17-20-6-4-8-21(16-20)22-9-5-13-28-18-22/h2-10,13,16,18H,11-12,14-15,17,19H2,1H3,(H2,27,30). The SMILES string of the molecule is COc1ccccc1CN1CCC(Cc2cccc(-c3cccnc3)c2)(C(N)=O)CC1. The maximum atomic E-state index is 12.6. The molecule has 5 heteroatoms. The molecule has 5 nitrogen and oxygen atoms in total. The number of nitrogens with two attached hydrogens (primary N) is 1. The molecular weight excluding hydrogens is 386 g/mol. The van der Waals surface area contributed by atoms with E-state index in [0.717, 1.165) is 54.9 Å². The quantitative estimate of drug-likeness (QED) is 0.632. The molecule has 4 rings (SSSR count). The molecule has 1 amide bonds. The molecule has 0 atom stereocenters. The molecule has 0 saturated carbocycles. The number of ether oxygens (including phenoxy) is 1. The van der Waals surface area contributed by atoms with Crippen LogP contribution in [0.1, 0.15) is 24.0 Å². The Morgan fingerprint density at radius 3 is 2.55 bits per heavy atom. The monoisotopic (exact) mass is 415 g/mol. The number of aromatic nitrogens is 1. The Labute approximate surface area is 183 Å². The number of para-hydroxylation sites is 1. The third-order valence-electron chi connectivity index (χ3n) is 6.39. The van der Waals surface area contributed by atoms with Crippen LogP contribution in [0.3, 0.4) is 0 Å². The van der Waals surface area contributed by atoms with Gasteiger partial charge in [-0.3, -0.25) is 14.7 Å². The molecule has 2 heterocycles. The molecule has 2 aromatic carbocycles. The van der Waals surface area contributed by atoms with Crippen molar-refractivity contribution in [2.24, 2.45) is 11.1 Å². The van der Waals surface area contributed by atoms with Crippen molar-refractivity contribution in [2.45, 2.75) is 25.8 Å². The average Bonchev–Trinajstić information content (AvgIpc) is 2.81. The van der Waals surface area contributed by atoms with Gasteiger partial charge in [-0.1, -0.05) is 48.5 Å². The second-order valence-electron chi connectivity index (χ2n) is 8.35. The van der Waals surface area contributed by atoms with E-state index in [1.807, 2.05) is 42.6 Å². The zero-order valence-corrected chi connectivity index (χ0v) is 18.0. The van der Waals surface area contributed by atoms with Crippen molar-refractivity contribution >= 4 is 5.91 Å². The summed E-state index contributed by atoms with van der Waals surface area (Å²) in [6, 6.07) is 20.4. The second-order valence-corrected chi connectivity index (χ2v) is 8.35. The van der Waals surface area contributed by atoms with Crippen molar-refractivity contribution in [3.63, 3.8) is 0 Å². The van der Waals surface area contributed by atoms with Crippen LogP contribution in [0, 0.1) is 5.41 Å². The van der Waals surface area contributed by atoms with E-state index in [1.165, 1.54) is 5.56 Å². The molecule has 0 spiro atoms. The van der Waals surface area contributed by atoms with Crippen molar-refractivity contribution in [2.75, 3.05) is 20.2 Å². The van der Waals surface area contributed by atoms with Crippen LogP contribution < -0.4 is 10.5 Å². The predicted octanol–water partition coefficient (Wildman–Crippen LogP) is 4.07. The van der Waals surface area contributed by atoms with E-state index < -0.39 is 5.41 Å². The number of carbonyl (C=O) groups excluding carboxylic acids is 1. The van der Waals surface area contributed by atoms with E-state index in [0.29, 0.717) is 6.42 Å². The highest BCUT2D eigenvalue weighted by Crippen LogP contribution is 2.36. The van der Waals surface area contributed by atoms with E-state index in [-0.39, 0.29) is 5.91 Å². The van der Waals surface area contributed by atoms with Gasteiger partial charge in [-0.2, -0.15) is 0 Å². The van der Waals surface area contributed by atoms with Gasteiger partial charge in [-0.05, 0) is 61.2 Å². The number of rotatable bonds is 7. The van der Waals surface area contributed by atoms with Crippen molar-refractivity contribution in [3.8, 4) is 16.9 Å². The van der Waals surface area contributed by atoms with Crippen molar-refractivity contribution in [3.05, 3.63) is 84.2 Å². The molecule has 1 fully saturated rings. The van der Waals surface area contributed by atoms with Crippen LogP contribution in [0.5, 0.6) is 5.75 Å². The molecule has 0 bridgehead atoms. The number of nitrogens with zero attached hydrogens (tertiary/aromatic N) is 2. The Kier molecular flexibility index (Phi) is 6.33. The lowest BCUT2D eigenvalue weighted by atomic mass is 9.73.